The van der Waals surface area contributed by atoms with Crippen LogP contribution in [0.2, 0.25) is 0 Å². The Balaban J connectivity index is 1.80. The number of aliphatic hydroxyl groups excluding tert-OH is 1. The molecular formula is C29H42NO5P. The van der Waals surface area contributed by atoms with Gasteiger partial charge in [-0.2, -0.15) is 0 Å². The number of amides is 1. The van der Waals surface area contributed by atoms with E-state index in [0.29, 0.717) is 51.6 Å². The highest BCUT2D eigenvalue weighted by Gasteiger charge is 2.48. The van der Waals surface area contributed by atoms with Gasteiger partial charge in [-0.25, -0.2) is 0 Å². The van der Waals surface area contributed by atoms with Gasteiger partial charge in [0.05, 0.1) is 19.4 Å². The maximum Gasteiger partial charge on any atom is 0.330 e. The molecule has 2 aromatic rings. The number of nitrogens with one attached hydrogen (secondary N) is 1. The zero-order valence-corrected chi connectivity index (χ0v) is 22.7. The number of unbranched alkanes of at least 4 members (excludes halogenated alkanes) is 3. The molecule has 0 aromatic heterocycles. The molecule has 2 aromatic carbocycles. The predicted octanol–water partition coefficient (Wildman–Crippen LogP) is 6.45. The molecule has 6 nitrogen and oxygen atoms in total. The van der Waals surface area contributed by atoms with Crippen molar-refractivity contribution in [2.24, 2.45) is 0 Å². The number of carbonyl (C=O) groups is 1. The molecule has 0 saturated heterocycles. The van der Waals surface area contributed by atoms with Gasteiger partial charge in [0.2, 0.25) is 5.91 Å². The Bertz CT molecular complexity index is 965. The van der Waals surface area contributed by atoms with Crippen molar-refractivity contribution in [3.63, 3.8) is 0 Å². The first-order valence-electron chi connectivity index (χ1n) is 13.5. The Labute approximate surface area is 216 Å². The largest absolute Gasteiger partial charge is 0.396 e. The molecule has 0 atom stereocenters. The topological polar surface area (TPSA) is 84.9 Å². The summed E-state index contributed by atoms with van der Waals surface area (Å²) >= 11 is 0. The molecule has 0 fully saturated rings. The lowest BCUT2D eigenvalue weighted by Gasteiger charge is -2.31. The summed E-state index contributed by atoms with van der Waals surface area (Å²) < 4.78 is 24.9. The minimum absolute atomic E-state index is 0.0335. The van der Waals surface area contributed by atoms with E-state index in [4.69, 9.17) is 9.05 Å². The van der Waals surface area contributed by atoms with Gasteiger partial charge >= 0.3 is 7.60 Å². The molecule has 0 bridgehead atoms. The second-order valence-corrected chi connectivity index (χ2v) is 11.7. The number of aliphatic hydroxyl groups is 1. The Hall–Kier alpha value is -1.98. The van der Waals surface area contributed by atoms with Crippen molar-refractivity contribution in [3.05, 3.63) is 59.7 Å². The quantitative estimate of drug-likeness (QED) is 0.187. The highest BCUT2D eigenvalue weighted by atomic mass is 31.2. The van der Waals surface area contributed by atoms with E-state index in [9.17, 15) is 14.5 Å². The molecule has 3 rings (SSSR count). The lowest BCUT2D eigenvalue weighted by atomic mass is 9.73. The molecule has 0 aliphatic heterocycles. The van der Waals surface area contributed by atoms with E-state index in [1.807, 2.05) is 36.4 Å². The Morgan fingerprint density at radius 1 is 0.861 bits per heavy atom. The van der Waals surface area contributed by atoms with Crippen LogP contribution in [0.25, 0.3) is 11.1 Å². The minimum atomic E-state index is -3.17. The molecular weight excluding hydrogens is 473 g/mol. The lowest BCUT2D eigenvalue weighted by molar-refractivity contribution is -0.125. The maximum absolute atomic E-state index is 13.8. The van der Waals surface area contributed by atoms with Crippen LogP contribution in [0.5, 0.6) is 0 Å². The van der Waals surface area contributed by atoms with Crippen LogP contribution in [0.1, 0.15) is 76.3 Å². The highest BCUT2D eigenvalue weighted by molar-refractivity contribution is 7.53. The van der Waals surface area contributed by atoms with E-state index in [0.717, 1.165) is 47.9 Å². The maximum atomic E-state index is 13.8. The summed E-state index contributed by atoms with van der Waals surface area (Å²) in [6.45, 7) is 5.50. The number of benzene rings is 2. The normalized spacial score (nSPS) is 13.9. The molecule has 0 unspecified atom stereocenters. The van der Waals surface area contributed by atoms with E-state index in [1.54, 1.807) is 0 Å². The average Bonchev–Trinajstić information content (AvgIpc) is 3.18. The molecule has 2 N–H and O–H groups in total. The van der Waals surface area contributed by atoms with Gasteiger partial charge < -0.3 is 19.5 Å². The van der Waals surface area contributed by atoms with Crippen LogP contribution in [-0.2, 0) is 23.8 Å². The van der Waals surface area contributed by atoms with Gasteiger partial charge in [0.25, 0.3) is 0 Å². The van der Waals surface area contributed by atoms with Gasteiger partial charge in [-0.15, -0.1) is 0 Å². The fourth-order valence-electron chi connectivity index (χ4n) is 4.94. The van der Waals surface area contributed by atoms with Gasteiger partial charge in [0.1, 0.15) is 5.41 Å². The van der Waals surface area contributed by atoms with Crippen LogP contribution < -0.4 is 5.32 Å². The SMILES string of the molecule is CCCCOP(=O)(CCCCC1(C(=O)NCCCO)c2ccccc2-c2ccccc21)OCCCC. The number of hydrogen-bond acceptors (Lipinski definition) is 5. The first kappa shape index (κ1) is 28.6. The standard InChI is InChI=1S/C29H42NO5P/c1-3-5-21-34-36(33,35-22-6-4-2)23-12-11-18-29(28(32)30-19-13-20-31)26-16-9-7-14-24(26)25-15-8-10-17-27(25)29/h7-10,14-17,31H,3-6,11-13,18-23H2,1-2H3,(H,30,32). The first-order chi connectivity index (χ1) is 17.5. The summed E-state index contributed by atoms with van der Waals surface area (Å²) in [4.78, 5) is 13.8. The lowest BCUT2D eigenvalue weighted by Crippen LogP contribution is -2.44. The van der Waals surface area contributed by atoms with Crippen LogP contribution in [0.4, 0.5) is 0 Å². The van der Waals surface area contributed by atoms with E-state index in [2.05, 4.69) is 31.3 Å². The van der Waals surface area contributed by atoms with Crippen molar-refractivity contribution in [2.45, 2.75) is 70.6 Å². The summed E-state index contributed by atoms with van der Waals surface area (Å²) in [6.07, 6.45) is 6.46. The Morgan fingerprint density at radius 3 is 1.94 bits per heavy atom. The van der Waals surface area contributed by atoms with Crippen molar-refractivity contribution in [1.82, 2.24) is 5.32 Å². The molecule has 7 heteroatoms. The molecule has 36 heavy (non-hydrogen) atoms. The van der Waals surface area contributed by atoms with E-state index in [1.165, 1.54) is 0 Å². The van der Waals surface area contributed by atoms with Gasteiger partial charge in [-0.3, -0.25) is 9.36 Å². The number of fused-ring (bicyclic) bond motifs is 3. The minimum Gasteiger partial charge on any atom is -0.396 e. The number of carbonyl (C=O) groups excluding carboxylic acids is 1. The monoisotopic (exact) mass is 515 g/mol. The Morgan fingerprint density at radius 2 is 1.42 bits per heavy atom. The van der Waals surface area contributed by atoms with Crippen LogP contribution in [0.3, 0.4) is 0 Å². The summed E-state index contributed by atoms with van der Waals surface area (Å²) in [5.41, 5.74) is 3.37. The zero-order valence-electron chi connectivity index (χ0n) is 21.8. The first-order valence-corrected chi connectivity index (χ1v) is 15.2. The average molecular weight is 516 g/mol. The third-order valence-electron chi connectivity index (χ3n) is 6.88. The molecule has 198 valence electrons. The smallest absolute Gasteiger partial charge is 0.330 e. The predicted molar refractivity (Wildman–Crippen MR) is 145 cm³/mol. The third-order valence-corrected chi connectivity index (χ3v) is 8.89. The van der Waals surface area contributed by atoms with Crippen LogP contribution in [-0.4, -0.2) is 43.5 Å². The summed E-state index contributed by atoms with van der Waals surface area (Å²) in [7, 11) is -3.17. The third kappa shape index (κ3) is 6.66. The van der Waals surface area contributed by atoms with Gasteiger partial charge in [-0.1, -0.05) is 81.6 Å². The van der Waals surface area contributed by atoms with E-state index >= 15 is 0 Å². The van der Waals surface area contributed by atoms with Gasteiger partial charge in [0.15, 0.2) is 0 Å². The number of hydrogen-bond donors (Lipinski definition) is 2. The molecule has 0 heterocycles. The van der Waals surface area contributed by atoms with Crippen molar-refractivity contribution >= 4 is 13.5 Å². The fraction of sp³-hybridized carbons (Fsp3) is 0.552. The molecule has 1 aliphatic carbocycles. The van der Waals surface area contributed by atoms with Crippen molar-refractivity contribution in [2.75, 3.05) is 32.5 Å². The Kier molecular flexibility index (Phi) is 11.2. The summed E-state index contributed by atoms with van der Waals surface area (Å²) in [5.74, 6) is -0.0464. The second-order valence-electron chi connectivity index (χ2n) is 9.49. The molecule has 0 radical (unpaired) electrons. The fourth-order valence-corrected chi connectivity index (χ4v) is 6.70. The van der Waals surface area contributed by atoms with E-state index in [-0.39, 0.29) is 12.5 Å². The summed E-state index contributed by atoms with van der Waals surface area (Å²) in [5, 5.41) is 12.3. The van der Waals surface area contributed by atoms with Crippen molar-refractivity contribution in [3.8, 4) is 11.1 Å². The van der Waals surface area contributed by atoms with Crippen LogP contribution in [0, 0.1) is 0 Å². The highest BCUT2D eigenvalue weighted by Crippen LogP contribution is 2.53. The van der Waals surface area contributed by atoms with Crippen LogP contribution >= 0.6 is 7.60 Å². The van der Waals surface area contributed by atoms with E-state index < -0.39 is 13.0 Å². The molecule has 0 saturated carbocycles. The molecule has 1 amide bonds. The number of rotatable bonds is 17. The van der Waals surface area contributed by atoms with Gasteiger partial charge in [-0.05, 0) is 54.4 Å². The molecule has 0 spiro atoms. The second kappa shape index (κ2) is 14.1. The van der Waals surface area contributed by atoms with Crippen LogP contribution in [0.15, 0.2) is 48.5 Å². The molecule has 1 aliphatic rings. The zero-order chi connectivity index (χ0) is 25.9. The summed E-state index contributed by atoms with van der Waals surface area (Å²) in [6, 6.07) is 16.2. The van der Waals surface area contributed by atoms with Crippen molar-refractivity contribution in [1.29, 1.82) is 0 Å². The van der Waals surface area contributed by atoms with Crippen molar-refractivity contribution < 1.29 is 23.5 Å². The van der Waals surface area contributed by atoms with Gasteiger partial charge in [0, 0.05) is 13.2 Å².